The van der Waals surface area contributed by atoms with Crippen LogP contribution in [0.1, 0.15) is 63.6 Å². The van der Waals surface area contributed by atoms with Gasteiger partial charge in [-0.1, -0.05) is 38.1 Å². The minimum atomic E-state index is -4.52. The minimum absolute atomic E-state index is 0.132. The Morgan fingerprint density at radius 2 is 1.92 bits per heavy atom. The van der Waals surface area contributed by atoms with Crippen LogP contribution in [0, 0.1) is 5.41 Å². The summed E-state index contributed by atoms with van der Waals surface area (Å²) in [6.07, 6.45) is -0.862. The van der Waals surface area contributed by atoms with E-state index in [1.807, 2.05) is 32.0 Å². The molecule has 2 amide bonds. The van der Waals surface area contributed by atoms with Gasteiger partial charge in [-0.15, -0.1) is 11.8 Å². The number of fused-ring (bicyclic) bond motifs is 2. The average Bonchev–Trinajstić information content (AvgIpc) is 3.01. The summed E-state index contributed by atoms with van der Waals surface area (Å²) in [6, 6.07) is 3.41. The molecule has 0 saturated carbocycles. The number of rotatable bonds is 6. The van der Waals surface area contributed by atoms with Crippen LogP contribution in [-0.2, 0) is 16.0 Å². The second-order valence-electron chi connectivity index (χ2n) is 10.9. The van der Waals surface area contributed by atoms with Gasteiger partial charge in [0.05, 0.1) is 17.5 Å². The smallest absolute Gasteiger partial charge is 0.347 e. The lowest BCUT2D eigenvalue weighted by molar-refractivity contribution is -0.166. The largest absolute Gasteiger partial charge is 0.405 e. The van der Waals surface area contributed by atoms with E-state index < -0.39 is 41.7 Å². The number of amides is 2. The van der Waals surface area contributed by atoms with E-state index in [9.17, 15) is 22.8 Å². The Bertz CT molecular complexity index is 973. The van der Waals surface area contributed by atoms with Crippen molar-refractivity contribution < 1.29 is 22.8 Å². The van der Waals surface area contributed by atoms with Crippen LogP contribution in [0.4, 0.5) is 13.2 Å². The zero-order valence-electron chi connectivity index (χ0n) is 21.3. The van der Waals surface area contributed by atoms with Crippen molar-refractivity contribution >= 4 is 23.6 Å². The fourth-order valence-electron chi connectivity index (χ4n) is 5.93. The molecule has 1 aromatic carbocycles. The Kier molecular flexibility index (Phi) is 7.98. The molecule has 2 saturated heterocycles. The molecule has 10 heteroatoms. The number of benzene rings is 1. The van der Waals surface area contributed by atoms with Crippen molar-refractivity contribution in [3.63, 3.8) is 0 Å². The number of hydrogen-bond donors (Lipinski definition) is 3. The van der Waals surface area contributed by atoms with Gasteiger partial charge in [0.1, 0.15) is 12.1 Å². The second-order valence-corrected chi connectivity index (χ2v) is 12.2. The molecule has 1 unspecified atom stereocenters. The molecular formula is C26H37F3N4O2S. The van der Waals surface area contributed by atoms with Gasteiger partial charge in [0.25, 0.3) is 0 Å². The predicted octanol–water partition coefficient (Wildman–Crippen LogP) is 3.77. The maximum atomic E-state index is 13.8. The van der Waals surface area contributed by atoms with E-state index in [0.29, 0.717) is 12.2 Å². The Labute approximate surface area is 215 Å². The lowest BCUT2D eigenvalue weighted by Gasteiger charge is -2.37. The number of likely N-dealkylation sites (N-methyl/N-ethyl adjacent to an activating group) is 1. The minimum Gasteiger partial charge on any atom is -0.347 e. The average molecular weight is 527 g/mol. The van der Waals surface area contributed by atoms with Gasteiger partial charge in [0, 0.05) is 6.04 Å². The summed E-state index contributed by atoms with van der Waals surface area (Å²) in [5, 5.41) is 8.23. The number of thioether (sulfide) groups is 1. The van der Waals surface area contributed by atoms with E-state index in [1.54, 1.807) is 16.7 Å². The lowest BCUT2D eigenvalue weighted by atomic mass is 9.83. The van der Waals surface area contributed by atoms with E-state index in [-0.39, 0.29) is 23.7 Å². The van der Waals surface area contributed by atoms with Crippen molar-refractivity contribution in [2.45, 2.75) is 94.6 Å². The first-order chi connectivity index (χ1) is 16.9. The molecule has 2 fully saturated rings. The number of carbonyl (C=O) groups excluding carboxylic acids is 2. The highest BCUT2D eigenvalue weighted by Crippen LogP contribution is 2.46. The number of nitrogens with zero attached hydrogens (tertiary/aromatic N) is 1. The fraction of sp³-hybridized carbons (Fsp3) is 0.692. The molecule has 2 heterocycles. The first-order valence-electron chi connectivity index (χ1n) is 12.8. The highest BCUT2D eigenvalue weighted by Gasteiger charge is 2.55. The number of aryl methyl sites for hydroxylation is 1. The molecule has 36 heavy (non-hydrogen) atoms. The van der Waals surface area contributed by atoms with Crippen LogP contribution in [0.5, 0.6) is 0 Å². The molecule has 6 nitrogen and oxygen atoms in total. The zero-order valence-corrected chi connectivity index (χ0v) is 22.1. The maximum Gasteiger partial charge on any atom is 0.405 e. The van der Waals surface area contributed by atoms with Gasteiger partial charge in [-0.05, 0) is 68.4 Å². The lowest BCUT2D eigenvalue weighted by Crippen LogP contribution is -2.62. The third-order valence-electron chi connectivity index (χ3n) is 7.92. The Morgan fingerprint density at radius 3 is 2.61 bits per heavy atom. The van der Waals surface area contributed by atoms with Crippen molar-refractivity contribution in [2.24, 2.45) is 5.41 Å². The van der Waals surface area contributed by atoms with Gasteiger partial charge in [-0.2, -0.15) is 13.2 Å². The molecular weight excluding hydrogens is 489 g/mol. The van der Waals surface area contributed by atoms with E-state index in [4.69, 9.17) is 0 Å². The van der Waals surface area contributed by atoms with Crippen LogP contribution >= 0.6 is 11.8 Å². The van der Waals surface area contributed by atoms with Crippen molar-refractivity contribution in [1.82, 2.24) is 20.9 Å². The molecule has 0 radical (unpaired) electrons. The summed E-state index contributed by atoms with van der Waals surface area (Å²) >= 11 is 1.56. The summed E-state index contributed by atoms with van der Waals surface area (Å²) in [6.45, 7) is 5.39. The van der Waals surface area contributed by atoms with Crippen LogP contribution in [0.2, 0.25) is 0 Å². The molecule has 3 N–H and O–H groups in total. The fourth-order valence-corrected chi connectivity index (χ4v) is 7.51. The topological polar surface area (TPSA) is 73.5 Å². The Morgan fingerprint density at radius 1 is 1.19 bits per heavy atom. The van der Waals surface area contributed by atoms with Crippen molar-refractivity contribution in [3.05, 3.63) is 35.4 Å². The molecule has 0 bridgehead atoms. The molecule has 0 aromatic heterocycles. The molecule has 3 aliphatic rings. The SMILES string of the molecule is CN[C@@H](C)[C@@H](N[C@H]1CCSC2CC(C)(C)[C@@H](C(=O)N[C@@H]3CCCc4ccccc43)N2C1=O)C(F)(F)F. The van der Waals surface area contributed by atoms with Crippen molar-refractivity contribution in [1.29, 1.82) is 0 Å². The standard InChI is InChI=1S/C26H37F3N4O2S/c1-15(30-4)21(26(27,28)29)31-19-12-13-36-20-14-25(2,3)22(33(20)24(19)35)23(34)32-18-11-7-9-16-8-5-6-10-17(16)18/h5-6,8,10,15,18-22,30-31H,7,9,11-14H2,1-4H3,(H,32,34)/t15-,18+,19-,20?,21+,22+/m0/s1. The van der Waals surface area contributed by atoms with E-state index in [1.165, 1.54) is 19.5 Å². The molecule has 6 atom stereocenters. The Hall–Kier alpha value is -1.78. The van der Waals surface area contributed by atoms with E-state index >= 15 is 0 Å². The van der Waals surface area contributed by atoms with E-state index in [2.05, 4.69) is 22.0 Å². The van der Waals surface area contributed by atoms with Gasteiger partial charge < -0.3 is 15.5 Å². The van der Waals surface area contributed by atoms with Crippen LogP contribution in [-0.4, -0.2) is 65.2 Å². The normalized spacial score (nSPS) is 29.6. The summed E-state index contributed by atoms with van der Waals surface area (Å²) < 4.78 is 41.5. The summed E-state index contributed by atoms with van der Waals surface area (Å²) in [4.78, 5) is 29.1. The summed E-state index contributed by atoms with van der Waals surface area (Å²) in [5.41, 5.74) is 1.82. The van der Waals surface area contributed by atoms with Gasteiger partial charge >= 0.3 is 6.18 Å². The quantitative estimate of drug-likeness (QED) is 0.527. The van der Waals surface area contributed by atoms with E-state index in [0.717, 1.165) is 24.8 Å². The number of halogens is 3. The molecule has 200 valence electrons. The summed E-state index contributed by atoms with van der Waals surface area (Å²) in [7, 11) is 1.47. The summed E-state index contributed by atoms with van der Waals surface area (Å²) in [5.74, 6) is -0.101. The third kappa shape index (κ3) is 5.41. The van der Waals surface area contributed by atoms with Crippen molar-refractivity contribution in [2.75, 3.05) is 12.8 Å². The maximum absolute atomic E-state index is 13.8. The van der Waals surface area contributed by atoms with Crippen LogP contribution in [0.25, 0.3) is 0 Å². The van der Waals surface area contributed by atoms with Gasteiger partial charge in [-0.3, -0.25) is 14.9 Å². The number of alkyl halides is 3. The highest BCUT2D eigenvalue weighted by molar-refractivity contribution is 7.99. The zero-order chi connectivity index (χ0) is 26.3. The third-order valence-corrected chi connectivity index (χ3v) is 9.17. The molecule has 0 spiro atoms. The first-order valence-corrected chi connectivity index (χ1v) is 13.8. The van der Waals surface area contributed by atoms with Crippen molar-refractivity contribution in [3.8, 4) is 0 Å². The number of carbonyl (C=O) groups is 2. The van der Waals surface area contributed by atoms with Crippen LogP contribution in [0.15, 0.2) is 24.3 Å². The second kappa shape index (κ2) is 10.5. The van der Waals surface area contributed by atoms with Gasteiger partial charge in [-0.25, -0.2) is 0 Å². The van der Waals surface area contributed by atoms with Gasteiger partial charge in [0.15, 0.2) is 0 Å². The molecule has 4 rings (SSSR count). The monoisotopic (exact) mass is 526 g/mol. The highest BCUT2D eigenvalue weighted by atomic mass is 32.2. The van der Waals surface area contributed by atoms with Crippen LogP contribution in [0.3, 0.4) is 0 Å². The predicted molar refractivity (Wildman–Crippen MR) is 135 cm³/mol. The molecule has 1 aromatic rings. The molecule has 1 aliphatic carbocycles. The Balaban J connectivity index is 1.58. The number of nitrogens with one attached hydrogen (secondary N) is 3. The van der Waals surface area contributed by atoms with Crippen LogP contribution < -0.4 is 16.0 Å². The number of hydrogen-bond acceptors (Lipinski definition) is 5. The molecule has 2 aliphatic heterocycles. The van der Waals surface area contributed by atoms with Gasteiger partial charge in [0.2, 0.25) is 11.8 Å². The first kappa shape index (κ1) is 27.3.